The summed E-state index contributed by atoms with van der Waals surface area (Å²) >= 11 is 0. The molecule has 0 saturated heterocycles. The number of hydrogen-bond donors (Lipinski definition) is 0. The van der Waals surface area contributed by atoms with Crippen LogP contribution in [0, 0.1) is 27.0 Å². The molecule has 5 nitrogen and oxygen atoms in total. The van der Waals surface area contributed by atoms with Gasteiger partial charge in [0.1, 0.15) is 17.3 Å². The lowest BCUT2D eigenvalue weighted by Crippen LogP contribution is -2.32. The van der Waals surface area contributed by atoms with Crippen molar-refractivity contribution in [2.75, 3.05) is 0 Å². The molecular formula is C57H42N4O. The van der Waals surface area contributed by atoms with Crippen LogP contribution in [-0.2, 0) is 0 Å². The molecule has 0 radical (unpaired) electrons. The van der Waals surface area contributed by atoms with Gasteiger partial charge in [-0.1, -0.05) is 146 Å². The molecule has 62 heavy (non-hydrogen) atoms. The fourth-order valence-electron chi connectivity index (χ4n) is 9.04. The highest BCUT2D eigenvalue weighted by atomic mass is 16.5. The summed E-state index contributed by atoms with van der Waals surface area (Å²) in [7, 11) is 0. The second-order valence-corrected chi connectivity index (χ2v) is 15.7. The number of aromatic nitrogens is 4. The molecule has 3 aromatic heterocycles. The van der Waals surface area contributed by atoms with Crippen molar-refractivity contribution in [3.05, 3.63) is 223 Å². The minimum atomic E-state index is -2.37. The van der Waals surface area contributed by atoms with Gasteiger partial charge >= 0.3 is 0 Å². The zero-order chi connectivity index (χ0) is 44.2. The maximum atomic E-state index is 8.52. The number of hydrogen-bond acceptors (Lipinski definition) is 2. The molecule has 3 heterocycles. The molecule has 5 heteroatoms. The Morgan fingerprint density at radius 2 is 1.15 bits per heavy atom. The molecule has 0 aliphatic rings. The number of aryl methyl sites for hydroxylation is 3. The Labute approximate surface area is 365 Å². The molecule has 11 rings (SSSR count). The predicted octanol–water partition coefficient (Wildman–Crippen LogP) is 13.9. The summed E-state index contributed by atoms with van der Waals surface area (Å²) in [5, 5.41) is 2.03. The van der Waals surface area contributed by atoms with Gasteiger partial charge < -0.3 is 4.74 Å². The zero-order valence-electron chi connectivity index (χ0n) is 37.2. The molecule has 0 amide bonds. The lowest BCUT2D eigenvalue weighted by Gasteiger charge is -2.21. The molecule has 0 aliphatic heterocycles. The molecule has 0 N–H and O–H groups in total. The molecule has 0 spiro atoms. The van der Waals surface area contributed by atoms with E-state index in [-0.39, 0.29) is 5.56 Å². The summed E-state index contributed by atoms with van der Waals surface area (Å²) in [6, 6.07) is 65.4. The number of ether oxygens (including phenoxy) is 1. The Bertz CT molecular complexity index is 3510. The smallest absolute Gasteiger partial charge is 0.269 e. The maximum absolute atomic E-state index is 8.52. The van der Waals surface area contributed by atoms with Crippen molar-refractivity contribution >= 4 is 32.8 Å². The third-order valence-electron chi connectivity index (χ3n) is 11.8. The first kappa shape index (κ1) is 33.8. The maximum Gasteiger partial charge on any atom is 0.269 e. The number of imidazole rings is 1. The van der Waals surface area contributed by atoms with Crippen LogP contribution in [0.5, 0.6) is 11.5 Å². The highest BCUT2D eigenvalue weighted by Crippen LogP contribution is 2.40. The van der Waals surface area contributed by atoms with Crippen molar-refractivity contribution in [3.8, 4) is 62.1 Å². The van der Waals surface area contributed by atoms with E-state index in [1.54, 1.807) is 12.3 Å². The fourth-order valence-corrected chi connectivity index (χ4v) is 9.04. The van der Waals surface area contributed by atoms with Crippen molar-refractivity contribution in [2.24, 2.45) is 0 Å². The molecule has 0 fully saturated rings. The molecule has 0 bridgehead atoms. The molecule has 8 aromatic carbocycles. The standard InChI is InChI=1S/C57H42N4O/c1-38-33-54(58-36-49(38)41-18-7-4-8-19-41)61-50-27-14-13-26-47(50)48-31-30-46(35-53(48)61)62-45-25-17-24-44(34-45)59-37-60(52-29-16-15-28-51(52)59)57-55(42-20-9-5-10-21-42)39(2)32-40(3)56(57)43-22-11-6-12-23-43/h4-36H,1-3H3/i1D3. The SMILES string of the molecule is [2H]C([2H])([2H])c1cc(-n2c3ccccc3c3ccc(Oc4cccc(-n5[c-][n+](-c6c(-c7ccccc7)c(C)cc(C)c6-c6ccccc6)c6ccccc65)c4)cc32)ncc1-c1ccccc1. The third-order valence-corrected chi connectivity index (χ3v) is 11.8. The van der Waals surface area contributed by atoms with E-state index < -0.39 is 6.85 Å². The van der Waals surface area contributed by atoms with Crippen molar-refractivity contribution in [1.29, 1.82) is 0 Å². The first-order valence-corrected chi connectivity index (χ1v) is 20.8. The van der Waals surface area contributed by atoms with Crippen LogP contribution < -0.4 is 9.30 Å². The van der Waals surface area contributed by atoms with Gasteiger partial charge in [0.15, 0.2) is 0 Å². The van der Waals surface area contributed by atoms with Gasteiger partial charge in [-0.05, 0) is 108 Å². The van der Waals surface area contributed by atoms with Crippen LogP contribution in [0.3, 0.4) is 0 Å². The van der Waals surface area contributed by atoms with Crippen LogP contribution in [0.15, 0.2) is 200 Å². The molecule has 11 aromatic rings. The topological polar surface area (TPSA) is 35.9 Å². The normalized spacial score (nSPS) is 12.4. The highest BCUT2D eigenvalue weighted by Gasteiger charge is 2.23. The van der Waals surface area contributed by atoms with E-state index in [1.807, 2.05) is 83.4 Å². The number of rotatable bonds is 8. The van der Waals surface area contributed by atoms with Gasteiger partial charge in [0.2, 0.25) is 0 Å². The van der Waals surface area contributed by atoms with E-state index in [9.17, 15) is 0 Å². The second-order valence-electron chi connectivity index (χ2n) is 15.7. The van der Waals surface area contributed by atoms with Gasteiger partial charge in [0.05, 0.1) is 33.4 Å². The average Bonchev–Trinajstić information content (AvgIpc) is 3.88. The number of fused-ring (bicyclic) bond motifs is 4. The van der Waals surface area contributed by atoms with Crippen LogP contribution in [-0.4, -0.2) is 14.1 Å². The molecular weight excluding hydrogens is 757 g/mol. The minimum absolute atomic E-state index is 0.240. The largest absolute Gasteiger partial charge is 0.458 e. The van der Waals surface area contributed by atoms with E-state index >= 15 is 0 Å². The van der Waals surface area contributed by atoms with E-state index in [1.165, 1.54) is 11.1 Å². The minimum Gasteiger partial charge on any atom is -0.458 e. The number of pyridine rings is 1. The summed E-state index contributed by atoms with van der Waals surface area (Å²) in [4.78, 5) is 4.90. The first-order valence-electron chi connectivity index (χ1n) is 22.3. The van der Waals surface area contributed by atoms with Crippen molar-refractivity contribution in [3.63, 3.8) is 0 Å². The Balaban J connectivity index is 1.03. The lowest BCUT2D eigenvalue weighted by molar-refractivity contribution is -0.571. The molecule has 0 saturated carbocycles. The van der Waals surface area contributed by atoms with Gasteiger partial charge in [-0.3, -0.25) is 13.7 Å². The Kier molecular flexibility index (Phi) is 8.29. The number of nitrogens with zero attached hydrogens (tertiary/aromatic N) is 4. The van der Waals surface area contributed by atoms with Gasteiger partial charge in [-0.2, -0.15) is 0 Å². The van der Waals surface area contributed by atoms with Crippen LogP contribution in [0.25, 0.3) is 83.4 Å². The van der Waals surface area contributed by atoms with E-state index in [0.29, 0.717) is 22.9 Å². The molecule has 0 aliphatic carbocycles. The van der Waals surface area contributed by atoms with Gasteiger partial charge in [-0.25, -0.2) is 4.98 Å². The van der Waals surface area contributed by atoms with Crippen LogP contribution in [0.2, 0.25) is 0 Å². The molecule has 0 unspecified atom stereocenters. The van der Waals surface area contributed by atoms with Crippen molar-refractivity contribution in [1.82, 2.24) is 14.1 Å². The Morgan fingerprint density at radius 1 is 0.532 bits per heavy atom. The van der Waals surface area contributed by atoms with Crippen LogP contribution in [0.4, 0.5) is 0 Å². The second kappa shape index (κ2) is 15.2. The van der Waals surface area contributed by atoms with E-state index in [0.717, 1.165) is 72.0 Å². The van der Waals surface area contributed by atoms with E-state index in [4.69, 9.17) is 13.8 Å². The highest BCUT2D eigenvalue weighted by molar-refractivity contribution is 6.09. The molecule has 0 atom stereocenters. The third kappa shape index (κ3) is 6.34. The summed E-state index contributed by atoms with van der Waals surface area (Å²) in [6.07, 6.45) is 5.49. The fraction of sp³-hybridized carbons (Fsp3) is 0.0526. The van der Waals surface area contributed by atoms with Crippen LogP contribution in [0.1, 0.15) is 20.8 Å². The van der Waals surface area contributed by atoms with Crippen molar-refractivity contribution < 1.29 is 13.4 Å². The van der Waals surface area contributed by atoms with E-state index in [2.05, 4.69) is 139 Å². The Morgan fingerprint density at radius 3 is 1.85 bits per heavy atom. The predicted molar refractivity (Wildman–Crippen MR) is 253 cm³/mol. The average molecular weight is 802 g/mol. The van der Waals surface area contributed by atoms with Gasteiger partial charge in [0.25, 0.3) is 6.33 Å². The summed E-state index contributed by atoms with van der Waals surface area (Å²) in [5.74, 6) is 1.79. The summed E-state index contributed by atoms with van der Waals surface area (Å²) in [6.45, 7) is 2.02. The summed E-state index contributed by atoms with van der Waals surface area (Å²) in [5.41, 5.74) is 14.3. The van der Waals surface area contributed by atoms with Crippen molar-refractivity contribution in [2.45, 2.75) is 20.7 Å². The summed E-state index contributed by atoms with van der Waals surface area (Å²) < 4.78 is 38.6. The monoisotopic (exact) mass is 801 g/mol. The quantitative estimate of drug-likeness (QED) is 0.113. The van der Waals surface area contributed by atoms with Gasteiger partial charge in [-0.15, -0.1) is 0 Å². The Hall–Kier alpha value is -8.02. The van der Waals surface area contributed by atoms with Crippen LogP contribution >= 0.6 is 0 Å². The zero-order valence-corrected chi connectivity index (χ0v) is 34.2. The number of para-hydroxylation sites is 3. The number of benzene rings is 8. The van der Waals surface area contributed by atoms with Gasteiger partial charge in [0, 0.05) is 32.7 Å². The lowest BCUT2D eigenvalue weighted by atomic mass is 9.89. The molecule has 296 valence electrons. The first-order chi connectivity index (χ1) is 31.7.